The molecule has 2 amide bonds. The third kappa shape index (κ3) is 4.45. The summed E-state index contributed by atoms with van der Waals surface area (Å²) in [7, 11) is 0. The second kappa shape index (κ2) is 9.29. The zero-order chi connectivity index (χ0) is 21.8. The number of amides is 2. The van der Waals surface area contributed by atoms with Gasteiger partial charge in [0.2, 0.25) is 5.91 Å². The molecule has 0 aromatic heterocycles. The van der Waals surface area contributed by atoms with Crippen molar-refractivity contribution in [3.05, 3.63) is 47.5 Å². The number of carbonyl (C=O) groups is 2. The molecule has 7 nitrogen and oxygen atoms in total. The molecular formula is C24H29N3O4. The molecule has 0 spiro atoms. The van der Waals surface area contributed by atoms with E-state index in [0.717, 1.165) is 42.1 Å². The number of anilines is 2. The van der Waals surface area contributed by atoms with Gasteiger partial charge in [0.25, 0.3) is 5.91 Å². The Balaban J connectivity index is 1.38. The van der Waals surface area contributed by atoms with Crippen molar-refractivity contribution in [2.45, 2.75) is 39.2 Å². The highest BCUT2D eigenvalue weighted by Crippen LogP contribution is 2.37. The number of rotatable bonds is 8. The van der Waals surface area contributed by atoms with Crippen LogP contribution in [0.25, 0.3) is 0 Å². The Hall–Kier alpha value is -3.22. The largest absolute Gasteiger partial charge is 0.490 e. The highest BCUT2D eigenvalue weighted by atomic mass is 16.5. The third-order valence-electron chi connectivity index (χ3n) is 5.69. The maximum Gasteiger partial charge on any atom is 0.251 e. The van der Waals surface area contributed by atoms with Crippen molar-refractivity contribution in [1.29, 1.82) is 0 Å². The Morgan fingerprint density at radius 1 is 1.13 bits per heavy atom. The first-order valence-electron chi connectivity index (χ1n) is 11.0. The number of ether oxygens (including phenoxy) is 2. The minimum Gasteiger partial charge on any atom is -0.490 e. The van der Waals surface area contributed by atoms with E-state index in [1.807, 2.05) is 44.2 Å². The summed E-state index contributed by atoms with van der Waals surface area (Å²) in [5.74, 6) is 1.31. The molecule has 2 N–H and O–H groups in total. The van der Waals surface area contributed by atoms with Gasteiger partial charge in [0.05, 0.1) is 24.6 Å². The quantitative estimate of drug-likeness (QED) is 0.681. The molecule has 31 heavy (non-hydrogen) atoms. The lowest BCUT2D eigenvalue weighted by Crippen LogP contribution is -2.44. The summed E-state index contributed by atoms with van der Waals surface area (Å²) >= 11 is 0. The first kappa shape index (κ1) is 21.0. The second-order valence-electron chi connectivity index (χ2n) is 7.73. The van der Waals surface area contributed by atoms with E-state index in [2.05, 4.69) is 15.5 Å². The fourth-order valence-corrected chi connectivity index (χ4v) is 4.24. The predicted octanol–water partition coefficient (Wildman–Crippen LogP) is 3.38. The molecule has 164 valence electrons. The molecule has 1 atom stereocenters. The minimum atomic E-state index is -0.156. The van der Waals surface area contributed by atoms with Gasteiger partial charge in [0.15, 0.2) is 11.5 Å². The summed E-state index contributed by atoms with van der Waals surface area (Å²) in [6.45, 7) is 6.39. The molecule has 1 unspecified atom stereocenters. The van der Waals surface area contributed by atoms with Crippen LogP contribution in [0.4, 0.5) is 11.4 Å². The van der Waals surface area contributed by atoms with Crippen LogP contribution in [0.15, 0.2) is 36.4 Å². The Morgan fingerprint density at radius 2 is 1.94 bits per heavy atom. The van der Waals surface area contributed by atoms with Gasteiger partial charge in [0, 0.05) is 18.7 Å². The Bertz CT molecular complexity index is 975. The van der Waals surface area contributed by atoms with Crippen LogP contribution in [-0.4, -0.2) is 44.2 Å². The fraction of sp³-hybridized carbons (Fsp3) is 0.417. The molecule has 0 bridgehead atoms. The van der Waals surface area contributed by atoms with Crippen molar-refractivity contribution >= 4 is 23.2 Å². The summed E-state index contributed by atoms with van der Waals surface area (Å²) in [4.78, 5) is 27.1. The molecule has 2 aliphatic rings. The number of fused-ring (bicyclic) bond motifs is 3. The van der Waals surface area contributed by atoms with E-state index in [-0.39, 0.29) is 17.9 Å². The van der Waals surface area contributed by atoms with E-state index in [4.69, 9.17) is 9.47 Å². The number of hydrogen-bond donors (Lipinski definition) is 2. The van der Waals surface area contributed by atoms with Crippen LogP contribution in [0.2, 0.25) is 0 Å². The maximum atomic E-state index is 12.7. The highest BCUT2D eigenvalue weighted by molar-refractivity contribution is 6.06. The number of nitrogens with one attached hydrogen (secondary N) is 2. The number of benzene rings is 2. The van der Waals surface area contributed by atoms with Gasteiger partial charge in [0.1, 0.15) is 6.04 Å². The van der Waals surface area contributed by atoms with Gasteiger partial charge in [-0.3, -0.25) is 9.59 Å². The van der Waals surface area contributed by atoms with Crippen molar-refractivity contribution in [3.63, 3.8) is 0 Å². The second-order valence-corrected chi connectivity index (χ2v) is 7.73. The first-order valence-corrected chi connectivity index (χ1v) is 11.0. The van der Waals surface area contributed by atoms with Crippen molar-refractivity contribution in [2.24, 2.45) is 0 Å². The van der Waals surface area contributed by atoms with E-state index >= 15 is 0 Å². The van der Waals surface area contributed by atoms with Crippen molar-refractivity contribution in [1.82, 2.24) is 5.32 Å². The Morgan fingerprint density at radius 3 is 2.74 bits per heavy atom. The lowest BCUT2D eigenvalue weighted by atomic mass is 10.1. The van der Waals surface area contributed by atoms with E-state index in [1.165, 1.54) is 0 Å². The van der Waals surface area contributed by atoms with Gasteiger partial charge in [-0.05, 0) is 69.0 Å². The average molecular weight is 424 g/mol. The van der Waals surface area contributed by atoms with Crippen LogP contribution in [0, 0.1) is 0 Å². The van der Waals surface area contributed by atoms with Gasteiger partial charge in [-0.15, -0.1) is 0 Å². The SMILES string of the molecule is CCOc1ccc(CCNC(=O)c2ccc3c(c2)NC(=O)C2CCCN32)cc1OCC. The van der Waals surface area contributed by atoms with Crippen LogP contribution in [0.5, 0.6) is 11.5 Å². The van der Waals surface area contributed by atoms with Gasteiger partial charge in [-0.25, -0.2) is 0 Å². The molecule has 0 aliphatic carbocycles. The van der Waals surface area contributed by atoms with E-state index in [1.54, 1.807) is 6.07 Å². The van der Waals surface area contributed by atoms with E-state index in [0.29, 0.717) is 37.4 Å². The molecule has 4 rings (SSSR count). The molecule has 1 fully saturated rings. The van der Waals surface area contributed by atoms with Crippen LogP contribution < -0.4 is 25.0 Å². The molecule has 2 aromatic rings. The summed E-state index contributed by atoms with van der Waals surface area (Å²) in [5.41, 5.74) is 3.31. The molecule has 2 heterocycles. The van der Waals surface area contributed by atoms with Crippen LogP contribution >= 0.6 is 0 Å². The standard InChI is InChI=1S/C24H29N3O4/c1-3-30-21-10-7-16(14-22(21)31-4-2)11-12-25-23(28)17-8-9-19-18(15-17)26-24(29)20-6-5-13-27(19)20/h7-10,14-15,20H,3-6,11-13H2,1-2H3,(H,25,28)(H,26,29). The zero-order valence-corrected chi connectivity index (χ0v) is 18.1. The molecule has 0 radical (unpaired) electrons. The van der Waals surface area contributed by atoms with Crippen molar-refractivity contribution in [2.75, 3.05) is 36.5 Å². The lowest BCUT2D eigenvalue weighted by Gasteiger charge is -2.33. The first-order chi connectivity index (χ1) is 15.1. The van der Waals surface area contributed by atoms with Crippen molar-refractivity contribution < 1.29 is 19.1 Å². The lowest BCUT2D eigenvalue weighted by molar-refractivity contribution is -0.117. The molecule has 0 saturated carbocycles. The molecule has 2 aliphatic heterocycles. The van der Waals surface area contributed by atoms with Crippen LogP contribution in [0.1, 0.15) is 42.6 Å². The van der Waals surface area contributed by atoms with Gasteiger partial charge in [-0.2, -0.15) is 0 Å². The minimum absolute atomic E-state index is 0.0168. The number of carbonyl (C=O) groups excluding carboxylic acids is 2. The average Bonchev–Trinajstić information content (AvgIpc) is 3.26. The van der Waals surface area contributed by atoms with E-state index in [9.17, 15) is 9.59 Å². The van der Waals surface area contributed by atoms with Crippen molar-refractivity contribution in [3.8, 4) is 11.5 Å². The van der Waals surface area contributed by atoms with Crippen LogP contribution in [-0.2, 0) is 11.2 Å². The Labute approximate surface area is 182 Å². The van der Waals surface area contributed by atoms with E-state index < -0.39 is 0 Å². The maximum absolute atomic E-state index is 12.7. The topological polar surface area (TPSA) is 79.9 Å². The monoisotopic (exact) mass is 423 g/mol. The third-order valence-corrected chi connectivity index (χ3v) is 5.69. The summed E-state index contributed by atoms with van der Waals surface area (Å²) in [5, 5.41) is 5.92. The molecule has 7 heteroatoms. The summed E-state index contributed by atoms with van der Waals surface area (Å²) in [6.07, 6.45) is 2.57. The summed E-state index contributed by atoms with van der Waals surface area (Å²) in [6, 6.07) is 11.3. The zero-order valence-electron chi connectivity index (χ0n) is 18.1. The van der Waals surface area contributed by atoms with Gasteiger partial charge >= 0.3 is 0 Å². The fourth-order valence-electron chi connectivity index (χ4n) is 4.24. The predicted molar refractivity (Wildman–Crippen MR) is 120 cm³/mol. The smallest absolute Gasteiger partial charge is 0.251 e. The molecule has 2 aromatic carbocycles. The number of nitrogens with zero attached hydrogens (tertiary/aromatic N) is 1. The highest BCUT2D eigenvalue weighted by Gasteiger charge is 2.36. The normalized spacial score (nSPS) is 16.9. The van der Waals surface area contributed by atoms with Gasteiger partial charge < -0.3 is 25.0 Å². The Kier molecular flexibility index (Phi) is 6.30. The molecule has 1 saturated heterocycles. The summed E-state index contributed by atoms with van der Waals surface area (Å²) < 4.78 is 11.3. The van der Waals surface area contributed by atoms with Crippen LogP contribution in [0.3, 0.4) is 0 Å². The molecular weight excluding hydrogens is 394 g/mol. The van der Waals surface area contributed by atoms with Gasteiger partial charge in [-0.1, -0.05) is 6.07 Å². The number of hydrogen-bond acceptors (Lipinski definition) is 5.